The monoisotopic (exact) mass is 225 g/mol. The maximum absolute atomic E-state index is 3.39. The molecule has 0 aliphatic heterocycles. The molecule has 0 aromatic carbocycles. The molecule has 1 heteroatoms. The molecule has 16 heavy (non-hydrogen) atoms. The van der Waals surface area contributed by atoms with E-state index >= 15 is 0 Å². The summed E-state index contributed by atoms with van der Waals surface area (Å²) >= 11 is 0. The van der Waals surface area contributed by atoms with E-state index in [9.17, 15) is 0 Å². The lowest BCUT2D eigenvalue weighted by molar-refractivity contribution is 0.105. The van der Waals surface area contributed by atoms with Crippen molar-refractivity contribution in [2.75, 3.05) is 7.05 Å². The highest BCUT2D eigenvalue weighted by Crippen LogP contribution is 2.43. The van der Waals surface area contributed by atoms with E-state index in [0.29, 0.717) is 11.5 Å². The van der Waals surface area contributed by atoms with Crippen LogP contribution >= 0.6 is 0 Å². The zero-order valence-corrected chi connectivity index (χ0v) is 12.0. The lowest BCUT2D eigenvalue weighted by Gasteiger charge is -2.41. The van der Waals surface area contributed by atoms with Gasteiger partial charge in [-0.25, -0.2) is 0 Å². The molecule has 0 aromatic heterocycles. The summed E-state index contributed by atoms with van der Waals surface area (Å²) in [6.07, 6.45) is 8.56. The first-order valence-corrected chi connectivity index (χ1v) is 7.16. The average molecular weight is 225 g/mol. The van der Waals surface area contributed by atoms with Crippen molar-refractivity contribution in [1.82, 2.24) is 5.32 Å². The van der Waals surface area contributed by atoms with Gasteiger partial charge in [0.2, 0.25) is 0 Å². The normalized spacial score (nSPS) is 29.1. The summed E-state index contributed by atoms with van der Waals surface area (Å²) in [7, 11) is 2.08. The third kappa shape index (κ3) is 3.76. The number of nitrogens with one attached hydrogen (secondary N) is 1. The molecular weight excluding hydrogens is 194 g/mol. The van der Waals surface area contributed by atoms with Gasteiger partial charge < -0.3 is 5.32 Å². The minimum atomic E-state index is 0.510. The summed E-state index contributed by atoms with van der Waals surface area (Å²) in [4.78, 5) is 0. The van der Waals surface area contributed by atoms with Gasteiger partial charge in [0, 0.05) is 6.04 Å². The van der Waals surface area contributed by atoms with Crippen molar-refractivity contribution in [3.05, 3.63) is 0 Å². The van der Waals surface area contributed by atoms with E-state index in [2.05, 4.69) is 40.1 Å². The van der Waals surface area contributed by atoms with Gasteiger partial charge in [-0.05, 0) is 50.5 Å². The molecule has 0 heterocycles. The minimum Gasteiger partial charge on any atom is -0.317 e. The molecule has 0 saturated heterocycles. The van der Waals surface area contributed by atoms with E-state index in [1.165, 1.54) is 38.5 Å². The molecule has 3 unspecified atom stereocenters. The van der Waals surface area contributed by atoms with Crippen LogP contribution in [0.2, 0.25) is 0 Å². The Kier molecular flexibility index (Phi) is 5.30. The zero-order valence-electron chi connectivity index (χ0n) is 12.0. The highest BCUT2D eigenvalue weighted by Gasteiger charge is 2.34. The number of hydrogen-bond donors (Lipinski definition) is 1. The Morgan fingerprint density at radius 3 is 2.56 bits per heavy atom. The Labute approximate surface area is 102 Å². The smallest absolute Gasteiger partial charge is 0.00409 e. The van der Waals surface area contributed by atoms with Crippen molar-refractivity contribution in [3.8, 4) is 0 Å². The molecule has 1 aliphatic carbocycles. The van der Waals surface area contributed by atoms with Crippen LogP contribution in [0.5, 0.6) is 0 Å². The van der Waals surface area contributed by atoms with Crippen LogP contribution in [-0.4, -0.2) is 13.1 Å². The van der Waals surface area contributed by atoms with Gasteiger partial charge in [0.1, 0.15) is 0 Å². The van der Waals surface area contributed by atoms with E-state index in [-0.39, 0.29) is 0 Å². The summed E-state index contributed by atoms with van der Waals surface area (Å²) in [5, 5.41) is 3.39. The molecular formula is C15H31N. The van der Waals surface area contributed by atoms with Crippen molar-refractivity contribution in [2.45, 2.75) is 72.3 Å². The molecule has 0 bridgehead atoms. The van der Waals surface area contributed by atoms with Gasteiger partial charge >= 0.3 is 0 Å². The SMILES string of the molecule is CCC1CCCC(C(C)(C)CC(C)NC)C1. The maximum Gasteiger partial charge on any atom is 0.00409 e. The Hall–Kier alpha value is -0.0400. The van der Waals surface area contributed by atoms with Crippen LogP contribution in [0.25, 0.3) is 0 Å². The minimum absolute atomic E-state index is 0.510. The molecule has 1 fully saturated rings. The number of hydrogen-bond acceptors (Lipinski definition) is 1. The summed E-state index contributed by atoms with van der Waals surface area (Å²) < 4.78 is 0. The predicted molar refractivity (Wildman–Crippen MR) is 72.7 cm³/mol. The van der Waals surface area contributed by atoms with Crippen LogP contribution in [0.15, 0.2) is 0 Å². The molecule has 1 nitrogen and oxygen atoms in total. The Morgan fingerprint density at radius 1 is 1.31 bits per heavy atom. The summed E-state index contributed by atoms with van der Waals surface area (Å²) in [5.74, 6) is 1.95. The van der Waals surface area contributed by atoms with Crippen LogP contribution in [0, 0.1) is 17.3 Å². The Bertz CT molecular complexity index is 198. The van der Waals surface area contributed by atoms with Gasteiger partial charge in [-0.15, -0.1) is 0 Å². The third-order valence-electron chi connectivity index (χ3n) is 4.79. The van der Waals surface area contributed by atoms with E-state index in [1.54, 1.807) is 0 Å². The summed E-state index contributed by atoms with van der Waals surface area (Å²) in [5.41, 5.74) is 0.510. The van der Waals surface area contributed by atoms with E-state index in [1.807, 2.05) is 0 Å². The van der Waals surface area contributed by atoms with Crippen molar-refractivity contribution >= 4 is 0 Å². The van der Waals surface area contributed by atoms with Gasteiger partial charge in [0.15, 0.2) is 0 Å². The molecule has 0 spiro atoms. The van der Waals surface area contributed by atoms with Gasteiger partial charge in [0.25, 0.3) is 0 Å². The second-order valence-electron chi connectivity index (χ2n) is 6.52. The molecule has 0 aromatic rings. The maximum atomic E-state index is 3.39. The Balaban J connectivity index is 2.53. The van der Waals surface area contributed by atoms with Gasteiger partial charge in [-0.2, -0.15) is 0 Å². The van der Waals surface area contributed by atoms with Gasteiger partial charge in [-0.3, -0.25) is 0 Å². The van der Waals surface area contributed by atoms with Gasteiger partial charge in [-0.1, -0.05) is 40.0 Å². The van der Waals surface area contributed by atoms with Crippen molar-refractivity contribution in [3.63, 3.8) is 0 Å². The fourth-order valence-corrected chi connectivity index (χ4v) is 3.43. The van der Waals surface area contributed by atoms with E-state index in [0.717, 1.165) is 11.8 Å². The lowest BCUT2D eigenvalue weighted by Crippen LogP contribution is -2.35. The number of rotatable bonds is 5. The van der Waals surface area contributed by atoms with Crippen molar-refractivity contribution in [1.29, 1.82) is 0 Å². The summed E-state index contributed by atoms with van der Waals surface area (Å²) in [6, 6.07) is 0.650. The fraction of sp³-hybridized carbons (Fsp3) is 1.00. The van der Waals surface area contributed by atoms with Crippen LogP contribution in [0.1, 0.15) is 66.2 Å². The lowest BCUT2D eigenvalue weighted by atomic mass is 9.65. The zero-order chi connectivity index (χ0) is 12.2. The molecule has 0 amide bonds. The fourth-order valence-electron chi connectivity index (χ4n) is 3.43. The second-order valence-corrected chi connectivity index (χ2v) is 6.52. The molecule has 0 radical (unpaired) electrons. The first-order chi connectivity index (χ1) is 7.49. The topological polar surface area (TPSA) is 12.0 Å². The molecule has 1 aliphatic rings. The quantitative estimate of drug-likeness (QED) is 0.738. The van der Waals surface area contributed by atoms with Crippen LogP contribution in [0.4, 0.5) is 0 Å². The van der Waals surface area contributed by atoms with Gasteiger partial charge in [0.05, 0.1) is 0 Å². The van der Waals surface area contributed by atoms with Crippen molar-refractivity contribution in [2.24, 2.45) is 17.3 Å². The molecule has 1 N–H and O–H groups in total. The Morgan fingerprint density at radius 2 is 2.00 bits per heavy atom. The molecule has 3 atom stereocenters. The first-order valence-electron chi connectivity index (χ1n) is 7.16. The van der Waals surface area contributed by atoms with E-state index < -0.39 is 0 Å². The first kappa shape index (κ1) is 14.0. The highest BCUT2D eigenvalue weighted by molar-refractivity contribution is 4.85. The molecule has 96 valence electrons. The predicted octanol–water partition coefficient (Wildman–Crippen LogP) is 4.23. The summed E-state index contributed by atoms with van der Waals surface area (Å²) in [6.45, 7) is 9.62. The van der Waals surface area contributed by atoms with Crippen LogP contribution in [-0.2, 0) is 0 Å². The van der Waals surface area contributed by atoms with Crippen molar-refractivity contribution < 1.29 is 0 Å². The van der Waals surface area contributed by atoms with E-state index in [4.69, 9.17) is 0 Å². The standard InChI is InChI=1S/C15H31N/c1-6-13-8-7-9-14(10-13)15(3,4)11-12(2)16-5/h12-14,16H,6-11H2,1-5H3. The molecule has 1 saturated carbocycles. The molecule has 1 rings (SSSR count). The highest BCUT2D eigenvalue weighted by atomic mass is 14.9. The van der Waals surface area contributed by atoms with Crippen LogP contribution in [0.3, 0.4) is 0 Å². The largest absolute Gasteiger partial charge is 0.317 e. The second kappa shape index (κ2) is 6.05. The third-order valence-corrected chi connectivity index (χ3v) is 4.79. The van der Waals surface area contributed by atoms with Crippen LogP contribution < -0.4 is 5.32 Å². The average Bonchev–Trinajstić information content (AvgIpc) is 2.28.